The molecule has 0 atom stereocenters. The highest BCUT2D eigenvalue weighted by molar-refractivity contribution is 7.86. The first-order valence-electron chi connectivity index (χ1n) is 10.3. The van der Waals surface area contributed by atoms with Crippen LogP contribution < -0.4 is 10.2 Å². The smallest absolute Gasteiger partial charge is 0.321 e. The lowest BCUT2D eigenvalue weighted by atomic mass is 10.2. The van der Waals surface area contributed by atoms with Gasteiger partial charge in [0.05, 0.1) is 24.6 Å². The topological polar surface area (TPSA) is 85.4 Å². The predicted molar refractivity (Wildman–Crippen MR) is 111 cm³/mol. The van der Waals surface area contributed by atoms with E-state index in [4.69, 9.17) is 4.74 Å². The van der Waals surface area contributed by atoms with E-state index in [9.17, 15) is 13.2 Å². The first-order valence-corrected chi connectivity index (χ1v) is 11.7. The lowest BCUT2D eigenvalue weighted by Gasteiger charge is -2.37. The minimum atomic E-state index is -3.49. The SMILES string of the molecule is O=C(Nc1ccccc1N1CCCC1)N1CCN(S(=O)(=O)N2CCOCC2)CC1. The molecule has 0 bridgehead atoms. The normalized spacial score (nSPS) is 22.1. The van der Waals surface area contributed by atoms with E-state index in [2.05, 4.69) is 10.2 Å². The second-order valence-electron chi connectivity index (χ2n) is 7.55. The third-order valence-corrected chi connectivity index (χ3v) is 7.78. The number of nitrogens with one attached hydrogen (secondary N) is 1. The molecule has 3 aliphatic rings. The molecule has 10 heteroatoms. The summed E-state index contributed by atoms with van der Waals surface area (Å²) in [4.78, 5) is 16.8. The van der Waals surface area contributed by atoms with Gasteiger partial charge in [-0.25, -0.2) is 4.79 Å². The lowest BCUT2D eigenvalue weighted by Crippen LogP contribution is -2.56. The summed E-state index contributed by atoms with van der Waals surface area (Å²) in [5.41, 5.74) is 1.86. The Morgan fingerprint density at radius 1 is 0.862 bits per heavy atom. The van der Waals surface area contributed by atoms with Crippen molar-refractivity contribution in [2.45, 2.75) is 12.8 Å². The van der Waals surface area contributed by atoms with Crippen molar-refractivity contribution in [1.82, 2.24) is 13.5 Å². The van der Waals surface area contributed by atoms with Crippen molar-refractivity contribution < 1.29 is 17.9 Å². The molecular formula is C19H29N5O4S. The van der Waals surface area contributed by atoms with Gasteiger partial charge in [0.25, 0.3) is 10.2 Å². The summed E-state index contributed by atoms with van der Waals surface area (Å²) in [5.74, 6) is 0. The standard InChI is InChI=1S/C19H29N5O4S/c25-19(20-17-5-1-2-6-18(17)21-7-3-4-8-21)22-9-11-23(12-10-22)29(26,27)24-13-15-28-16-14-24/h1-2,5-6H,3-4,7-16H2,(H,20,25). The number of carbonyl (C=O) groups excluding carboxylic acids is 1. The number of benzene rings is 1. The van der Waals surface area contributed by atoms with Gasteiger partial charge in [0.1, 0.15) is 0 Å². The summed E-state index contributed by atoms with van der Waals surface area (Å²) >= 11 is 0. The Balaban J connectivity index is 1.35. The fourth-order valence-electron chi connectivity index (χ4n) is 4.07. The second-order valence-corrected chi connectivity index (χ2v) is 9.48. The molecule has 3 aliphatic heterocycles. The lowest BCUT2D eigenvalue weighted by molar-refractivity contribution is 0.0691. The number of morpholine rings is 1. The van der Waals surface area contributed by atoms with E-state index in [0.29, 0.717) is 52.5 Å². The minimum Gasteiger partial charge on any atom is -0.379 e. The van der Waals surface area contributed by atoms with Crippen LogP contribution in [-0.2, 0) is 14.9 Å². The number of carbonyl (C=O) groups is 1. The summed E-state index contributed by atoms with van der Waals surface area (Å²) in [6.45, 7) is 5.00. The van der Waals surface area contributed by atoms with Gasteiger partial charge in [-0.2, -0.15) is 17.0 Å². The van der Waals surface area contributed by atoms with Crippen molar-refractivity contribution >= 4 is 27.6 Å². The van der Waals surface area contributed by atoms with Gasteiger partial charge in [-0.3, -0.25) is 0 Å². The van der Waals surface area contributed by atoms with Crippen LogP contribution in [0.25, 0.3) is 0 Å². The summed E-state index contributed by atoms with van der Waals surface area (Å²) in [6, 6.07) is 7.68. The molecule has 0 saturated carbocycles. The molecule has 2 amide bonds. The van der Waals surface area contributed by atoms with Crippen LogP contribution in [-0.4, -0.2) is 93.5 Å². The summed E-state index contributed by atoms with van der Waals surface area (Å²) < 4.78 is 33.7. The van der Waals surface area contributed by atoms with E-state index in [1.165, 1.54) is 21.5 Å². The van der Waals surface area contributed by atoms with Crippen LogP contribution in [0.2, 0.25) is 0 Å². The molecule has 3 saturated heterocycles. The molecule has 0 aromatic heterocycles. The molecule has 29 heavy (non-hydrogen) atoms. The molecule has 3 heterocycles. The first-order chi connectivity index (χ1) is 14.1. The number of nitrogens with zero attached hydrogens (tertiary/aromatic N) is 4. The maximum absolute atomic E-state index is 12.8. The Kier molecular flexibility index (Phi) is 6.23. The molecule has 160 valence electrons. The largest absolute Gasteiger partial charge is 0.379 e. The second kappa shape index (κ2) is 8.86. The molecule has 0 radical (unpaired) electrons. The van der Waals surface area contributed by atoms with Crippen LogP contribution in [0.4, 0.5) is 16.2 Å². The number of anilines is 2. The maximum atomic E-state index is 12.8. The number of hydrogen-bond acceptors (Lipinski definition) is 5. The highest BCUT2D eigenvalue weighted by atomic mass is 32.2. The van der Waals surface area contributed by atoms with Crippen LogP contribution in [0.3, 0.4) is 0 Å². The molecule has 1 aromatic rings. The zero-order valence-corrected chi connectivity index (χ0v) is 17.4. The Morgan fingerprint density at radius 2 is 1.48 bits per heavy atom. The summed E-state index contributed by atoms with van der Waals surface area (Å²) in [6.07, 6.45) is 2.34. The van der Waals surface area contributed by atoms with Gasteiger partial charge in [-0.1, -0.05) is 12.1 Å². The fourth-order valence-corrected chi connectivity index (χ4v) is 5.63. The number of amides is 2. The van der Waals surface area contributed by atoms with Gasteiger partial charge in [0.2, 0.25) is 0 Å². The highest BCUT2D eigenvalue weighted by Gasteiger charge is 2.34. The van der Waals surface area contributed by atoms with E-state index in [1.54, 1.807) is 4.90 Å². The molecule has 0 spiro atoms. The molecule has 9 nitrogen and oxygen atoms in total. The number of ether oxygens (including phenoxy) is 1. The van der Waals surface area contributed by atoms with E-state index >= 15 is 0 Å². The Labute approximate surface area is 172 Å². The first kappa shape index (κ1) is 20.4. The number of urea groups is 1. The monoisotopic (exact) mass is 423 g/mol. The van der Waals surface area contributed by atoms with Gasteiger partial charge >= 0.3 is 6.03 Å². The van der Waals surface area contributed by atoms with Crippen molar-refractivity contribution in [1.29, 1.82) is 0 Å². The van der Waals surface area contributed by atoms with Crippen molar-refractivity contribution in [3.63, 3.8) is 0 Å². The number of hydrogen-bond donors (Lipinski definition) is 1. The zero-order chi connectivity index (χ0) is 20.3. The van der Waals surface area contributed by atoms with E-state index in [-0.39, 0.29) is 6.03 Å². The van der Waals surface area contributed by atoms with Gasteiger partial charge in [-0.15, -0.1) is 0 Å². The number of rotatable bonds is 4. The van der Waals surface area contributed by atoms with Crippen molar-refractivity contribution in [2.75, 3.05) is 75.8 Å². The molecule has 3 fully saturated rings. The summed E-state index contributed by atoms with van der Waals surface area (Å²) in [7, 11) is -3.49. The molecule has 0 aliphatic carbocycles. The third kappa shape index (κ3) is 4.50. The molecule has 4 rings (SSSR count). The quantitative estimate of drug-likeness (QED) is 0.781. The van der Waals surface area contributed by atoms with Crippen molar-refractivity contribution in [2.24, 2.45) is 0 Å². The van der Waals surface area contributed by atoms with Gasteiger partial charge in [0, 0.05) is 52.4 Å². The number of piperazine rings is 1. The van der Waals surface area contributed by atoms with Gasteiger partial charge in [-0.05, 0) is 25.0 Å². The third-order valence-electron chi connectivity index (χ3n) is 5.74. The van der Waals surface area contributed by atoms with Crippen LogP contribution in [0.5, 0.6) is 0 Å². The van der Waals surface area contributed by atoms with Gasteiger partial charge < -0.3 is 19.9 Å². The highest BCUT2D eigenvalue weighted by Crippen LogP contribution is 2.29. The van der Waals surface area contributed by atoms with Crippen LogP contribution in [0.15, 0.2) is 24.3 Å². The minimum absolute atomic E-state index is 0.180. The average Bonchev–Trinajstić information content (AvgIpc) is 3.29. The van der Waals surface area contributed by atoms with E-state index < -0.39 is 10.2 Å². The molecule has 1 aromatic carbocycles. The molecule has 1 N–H and O–H groups in total. The van der Waals surface area contributed by atoms with Crippen molar-refractivity contribution in [3.05, 3.63) is 24.3 Å². The Bertz CT molecular complexity index is 814. The molecule has 0 unspecified atom stereocenters. The Hall–Kier alpha value is -1.88. The average molecular weight is 424 g/mol. The fraction of sp³-hybridized carbons (Fsp3) is 0.632. The van der Waals surface area contributed by atoms with Crippen LogP contribution in [0, 0.1) is 0 Å². The van der Waals surface area contributed by atoms with Crippen LogP contribution >= 0.6 is 0 Å². The zero-order valence-electron chi connectivity index (χ0n) is 16.6. The van der Waals surface area contributed by atoms with E-state index in [0.717, 1.165) is 24.5 Å². The Morgan fingerprint density at radius 3 is 2.17 bits per heavy atom. The van der Waals surface area contributed by atoms with Gasteiger partial charge in [0.15, 0.2) is 0 Å². The maximum Gasteiger partial charge on any atom is 0.321 e. The molecular weight excluding hydrogens is 394 g/mol. The number of para-hydroxylation sites is 2. The predicted octanol–water partition coefficient (Wildman–Crippen LogP) is 1.01. The van der Waals surface area contributed by atoms with E-state index in [1.807, 2.05) is 24.3 Å². The summed E-state index contributed by atoms with van der Waals surface area (Å²) in [5, 5.41) is 3.02. The van der Waals surface area contributed by atoms with Crippen LogP contribution in [0.1, 0.15) is 12.8 Å². The van der Waals surface area contributed by atoms with Crippen molar-refractivity contribution in [3.8, 4) is 0 Å².